The molecule has 2 aliphatic heterocycles. The monoisotopic (exact) mass is 641 g/mol. The van der Waals surface area contributed by atoms with Crippen LogP contribution >= 0.6 is 11.6 Å². The summed E-state index contributed by atoms with van der Waals surface area (Å²) in [5, 5.41) is 19.3. The molecule has 1 saturated heterocycles. The maximum absolute atomic E-state index is 14.3. The third-order valence-corrected chi connectivity index (χ3v) is 8.55. The standard InChI is InChI=1S/C36H32ClFN2O6/c1-22-26(6-3-7-29(22)25-8-9-32-35(14-25)44-11-10-43-32)21-46-34-16-33(45-20-24-5-2-4-23(12-24)17-39)27(13-30(34)37)18-40-19-28(38)15-31(40)36(41)42/h2-9,12-14,16,28,31H,10-11,15,18-21H2,1H3,(H,41,42)/t28-,31+/m0/s1/i38-1. The number of aliphatic carboxylic acids is 1. The predicted molar refractivity (Wildman–Crippen MR) is 170 cm³/mol. The number of halogens is 2. The zero-order chi connectivity index (χ0) is 32.2. The lowest BCUT2D eigenvalue weighted by Gasteiger charge is -2.23. The lowest BCUT2D eigenvalue weighted by atomic mass is 9.96. The molecule has 0 unspecified atom stereocenters. The van der Waals surface area contributed by atoms with Crippen molar-refractivity contribution in [2.24, 2.45) is 0 Å². The molecule has 2 aliphatic rings. The van der Waals surface area contributed by atoms with Crippen LogP contribution in [0.1, 0.15) is 34.2 Å². The largest absolute Gasteiger partial charge is 0.488 e. The number of carboxylic acids is 1. The number of ether oxygens (including phenoxy) is 4. The topological polar surface area (TPSA) is 101 Å². The van der Waals surface area contributed by atoms with E-state index in [1.165, 1.54) is 0 Å². The zero-order valence-electron chi connectivity index (χ0n) is 25.2. The smallest absolute Gasteiger partial charge is 0.321 e. The van der Waals surface area contributed by atoms with Gasteiger partial charge in [-0.25, -0.2) is 4.39 Å². The van der Waals surface area contributed by atoms with E-state index in [1.807, 2.05) is 49.4 Å². The SMILES string of the molecule is Cc1c(COc2cc(OCc3cccc(C#N)c3)c(CN3C[C@@H]([18F])C[C@@H]3C(=O)O)cc2Cl)cccc1-c1ccc2c(c1)OCCO2. The number of alkyl halides is 1. The van der Waals surface area contributed by atoms with Crippen LogP contribution in [-0.2, 0) is 24.6 Å². The number of benzene rings is 4. The van der Waals surface area contributed by atoms with Crippen LogP contribution in [-0.4, -0.2) is 47.9 Å². The first-order chi connectivity index (χ1) is 22.3. The van der Waals surface area contributed by atoms with E-state index in [1.54, 1.807) is 35.2 Å². The highest BCUT2D eigenvalue weighted by molar-refractivity contribution is 6.32. The number of likely N-dealkylation sites (tertiary alicyclic amines) is 1. The van der Waals surface area contributed by atoms with E-state index in [0.29, 0.717) is 46.6 Å². The van der Waals surface area contributed by atoms with Gasteiger partial charge in [-0.3, -0.25) is 9.69 Å². The second-order valence-corrected chi connectivity index (χ2v) is 11.8. The Morgan fingerprint density at radius 3 is 2.59 bits per heavy atom. The van der Waals surface area contributed by atoms with Crippen LogP contribution in [0.25, 0.3) is 11.1 Å². The molecule has 6 rings (SSSR count). The van der Waals surface area contributed by atoms with Crippen molar-refractivity contribution in [1.29, 1.82) is 5.26 Å². The van der Waals surface area contributed by atoms with Crippen LogP contribution < -0.4 is 18.9 Å². The van der Waals surface area contributed by atoms with Gasteiger partial charge < -0.3 is 24.1 Å². The molecule has 10 heteroatoms. The molecule has 2 heterocycles. The van der Waals surface area contributed by atoms with Gasteiger partial charge in [0, 0.05) is 31.1 Å². The van der Waals surface area contributed by atoms with Gasteiger partial charge in [0.15, 0.2) is 11.5 Å². The highest BCUT2D eigenvalue weighted by atomic mass is 35.5. The van der Waals surface area contributed by atoms with Crippen molar-refractivity contribution in [3.05, 3.63) is 106 Å². The van der Waals surface area contributed by atoms with Crippen molar-refractivity contribution >= 4 is 17.6 Å². The summed E-state index contributed by atoms with van der Waals surface area (Å²) in [4.78, 5) is 13.4. The average molecular weight is 642 g/mol. The van der Waals surface area contributed by atoms with Gasteiger partial charge in [0.2, 0.25) is 0 Å². The van der Waals surface area contributed by atoms with E-state index in [2.05, 4.69) is 6.07 Å². The molecule has 8 nitrogen and oxygen atoms in total. The number of rotatable bonds is 10. The van der Waals surface area contributed by atoms with Crippen molar-refractivity contribution in [1.82, 2.24) is 4.90 Å². The van der Waals surface area contributed by atoms with Gasteiger partial charge in [-0.1, -0.05) is 48.0 Å². The minimum Gasteiger partial charge on any atom is -0.488 e. The fourth-order valence-electron chi connectivity index (χ4n) is 5.85. The average Bonchev–Trinajstić information content (AvgIpc) is 3.44. The fraction of sp³-hybridized carbons (Fsp3) is 0.278. The molecule has 0 aliphatic carbocycles. The lowest BCUT2D eigenvalue weighted by Crippen LogP contribution is -2.35. The van der Waals surface area contributed by atoms with Crippen LogP contribution in [0.5, 0.6) is 23.0 Å². The molecule has 4 aromatic rings. The molecule has 0 amide bonds. The molecular weight excluding hydrogens is 610 g/mol. The van der Waals surface area contributed by atoms with E-state index in [9.17, 15) is 19.6 Å². The van der Waals surface area contributed by atoms with Crippen molar-refractivity contribution in [2.75, 3.05) is 19.8 Å². The quantitative estimate of drug-likeness (QED) is 0.195. The van der Waals surface area contributed by atoms with E-state index in [0.717, 1.165) is 33.6 Å². The Bertz CT molecular complexity index is 1810. The highest BCUT2D eigenvalue weighted by Crippen LogP contribution is 2.38. The number of hydrogen-bond donors (Lipinski definition) is 1. The fourth-order valence-corrected chi connectivity index (χ4v) is 6.09. The van der Waals surface area contributed by atoms with E-state index in [-0.39, 0.29) is 32.7 Å². The third kappa shape index (κ3) is 6.89. The first-order valence-corrected chi connectivity index (χ1v) is 15.3. The number of carboxylic acid groups (broad SMARTS) is 1. The molecule has 1 N–H and O–H groups in total. The predicted octanol–water partition coefficient (Wildman–Crippen LogP) is 7.11. The van der Waals surface area contributed by atoms with E-state index in [4.69, 9.17) is 30.5 Å². The molecule has 4 aromatic carbocycles. The summed E-state index contributed by atoms with van der Waals surface area (Å²) in [5.74, 6) is 1.18. The molecule has 0 aromatic heterocycles. The van der Waals surface area contributed by atoms with Gasteiger partial charge in [-0.05, 0) is 65.1 Å². The van der Waals surface area contributed by atoms with E-state index < -0.39 is 18.2 Å². The van der Waals surface area contributed by atoms with Gasteiger partial charge in [0.1, 0.15) is 50.1 Å². The van der Waals surface area contributed by atoms with Gasteiger partial charge in [0.05, 0.1) is 16.7 Å². The van der Waals surface area contributed by atoms with Crippen LogP contribution in [0.4, 0.5) is 4.39 Å². The second kappa shape index (κ2) is 13.7. The summed E-state index contributed by atoms with van der Waals surface area (Å²) in [6.07, 6.45) is -1.31. The Labute approximate surface area is 271 Å². The molecule has 2 atom stereocenters. The van der Waals surface area contributed by atoms with Crippen LogP contribution in [0, 0.1) is 18.3 Å². The summed E-state index contributed by atoms with van der Waals surface area (Å²) in [5.41, 5.74) is 5.92. The summed E-state index contributed by atoms with van der Waals surface area (Å²) >= 11 is 6.72. The molecule has 46 heavy (non-hydrogen) atoms. The zero-order valence-corrected chi connectivity index (χ0v) is 25.9. The van der Waals surface area contributed by atoms with Crippen LogP contribution in [0.2, 0.25) is 5.02 Å². The molecule has 0 spiro atoms. The Kier molecular flexibility index (Phi) is 9.29. The van der Waals surface area contributed by atoms with Crippen molar-refractivity contribution in [3.63, 3.8) is 0 Å². The molecular formula is C36H32ClFN2O6. The number of nitrogens with zero attached hydrogens (tertiary/aromatic N) is 2. The number of carbonyl (C=O) groups is 1. The maximum atomic E-state index is 14.3. The Morgan fingerprint density at radius 2 is 1.78 bits per heavy atom. The highest BCUT2D eigenvalue weighted by Gasteiger charge is 2.37. The molecule has 0 saturated carbocycles. The Balaban J connectivity index is 1.25. The minimum absolute atomic E-state index is 0.00449. The number of nitriles is 1. The van der Waals surface area contributed by atoms with Crippen molar-refractivity contribution in [2.45, 2.75) is 45.3 Å². The van der Waals surface area contributed by atoms with Gasteiger partial charge in [-0.2, -0.15) is 5.26 Å². The maximum Gasteiger partial charge on any atom is 0.321 e. The number of hydrogen-bond acceptors (Lipinski definition) is 7. The first-order valence-electron chi connectivity index (χ1n) is 15.0. The van der Waals surface area contributed by atoms with Crippen molar-refractivity contribution in [3.8, 4) is 40.2 Å². The normalized spacial score (nSPS) is 17.3. The van der Waals surface area contributed by atoms with Gasteiger partial charge in [-0.15, -0.1) is 0 Å². The second-order valence-electron chi connectivity index (χ2n) is 11.3. The van der Waals surface area contributed by atoms with Gasteiger partial charge in [0.25, 0.3) is 0 Å². The Hall–Kier alpha value is -4.78. The van der Waals surface area contributed by atoms with Crippen molar-refractivity contribution < 1.29 is 33.2 Å². The van der Waals surface area contributed by atoms with Gasteiger partial charge >= 0.3 is 5.97 Å². The summed E-state index contributed by atoms with van der Waals surface area (Å²) in [7, 11) is 0. The summed E-state index contributed by atoms with van der Waals surface area (Å²) in [6.45, 7) is 3.57. The molecule has 236 valence electrons. The van der Waals surface area contributed by atoms with Crippen LogP contribution in [0.3, 0.4) is 0 Å². The molecule has 0 radical (unpaired) electrons. The minimum atomic E-state index is -1.24. The number of fused-ring (bicyclic) bond motifs is 1. The molecule has 1 fully saturated rings. The van der Waals surface area contributed by atoms with Crippen LogP contribution in [0.15, 0.2) is 72.8 Å². The third-order valence-electron chi connectivity index (χ3n) is 8.26. The summed E-state index contributed by atoms with van der Waals surface area (Å²) < 4.78 is 38.2. The first kappa shape index (κ1) is 31.2. The van der Waals surface area contributed by atoms with E-state index >= 15 is 0 Å². The lowest BCUT2D eigenvalue weighted by molar-refractivity contribution is -0.142. The summed E-state index contributed by atoms with van der Waals surface area (Å²) in [6, 6.07) is 23.5. The Morgan fingerprint density at radius 1 is 1.00 bits per heavy atom. The molecule has 0 bridgehead atoms.